The molecule has 130 valence electrons. The second kappa shape index (κ2) is 10.2. The first kappa shape index (κ1) is 19.4. The van der Waals surface area contributed by atoms with Crippen LogP contribution < -0.4 is 0 Å². The molecule has 0 bridgehead atoms. The largest absolute Gasteiger partial charge is 0.462 e. The number of hydrogen-bond acceptors (Lipinski definition) is 7. The summed E-state index contributed by atoms with van der Waals surface area (Å²) in [5.74, 6) is -2.07. The predicted molar refractivity (Wildman–Crippen MR) is 84.5 cm³/mol. The third kappa shape index (κ3) is 5.85. The minimum atomic E-state index is -0.846. The molecule has 24 heavy (non-hydrogen) atoms. The van der Waals surface area contributed by atoms with Crippen LogP contribution in [0, 0.1) is 0 Å². The van der Waals surface area contributed by atoms with Gasteiger partial charge in [-0.2, -0.15) is 0 Å². The van der Waals surface area contributed by atoms with Gasteiger partial charge in [-0.3, -0.25) is 0 Å². The fourth-order valence-electron chi connectivity index (χ4n) is 1.82. The number of esters is 3. The summed E-state index contributed by atoms with van der Waals surface area (Å²) in [6.45, 7) is 4.60. The third-order valence-electron chi connectivity index (χ3n) is 2.95. The topological polar surface area (TPSA) is 99.1 Å². The van der Waals surface area contributed by atoms with E-state index in [1.807, 2.05) is 0 Å². The Morgan fingerprint density at radius 3 is 2.33 bits per heavy atom. The van der Waals surface area contributed by atoms with Gasteiger partial charge in [0, 0.05) is 19.1 Å². The molecular weight excluding hydrogens is 316 g/mol. The van der Waals surface area contributed by atoms with E-state index in [1.54, 1.807) is 19.1 Å². The van der Waals surface area contributed by atoms with E-state index in [9.17, 15) is 14.4 Å². The Balaban J connectivity index is 2.85. The maximum atomic E-state index is 12.3. The van der Waals surface area contributed by atoms with E-state index in [4.69, 9.17) is 19.3 Å². The van der Waals surface area contributed by atoms with Crippen LogP contribution in [0.2, 0.25) is 0 Å². The van der Waals surface area contributed by atoms with Crippen molar-refractivity contribution < 1.29 is 33.7 Å². The molecule has 0 aliphatic carbocycles. The smallest absolute Gasteiger partial charge is 0.339 e. The van der Waals surface area contributed by atoms with E-state index in [0.29, 0.717) is 0 Å². The van der Waals surface area contributed by atoms with E-state index in [-0.39, 0.29) is 37.4 Å². The van der Waals surface area contributed by atoms with Crippen molar-refractivity contribution in [3.63, 3.8) is 0 Å². The molecule has 1 aromatic carbocycles. The van der Waals surface area contributed by atoms with Crippen molar-refractivity contribution >= 4 is 17.9 Å². The molecule has 0 radical (unpaired) electrons. The van der Waals surface area contributed by atoms with E-state index in [2.05, 4.69) is 6.58 Å². The average Bonchev–Trinajstić information content (AvgIpc) is 2.59. The molecule has 0 aliphatic heterocycles. The molecule has 0 amide bonds. The summed E-state index contributed by atoms with van der Waals surface area (Å²) in [4.78, 5) is 35.3. The van der Waals surface area contributed by atoms with Crippen LogP contribution in [0.5, 0.6) is 0 Å². The molecule has 1 rings (SSSR count). The summed E-state index contributed by atoms with van der Waals surface area (Å²) in [5, 5.41) is 9.03. The standard InChI is InChI=1S/C17H20O7/c1-3-15(19)23-11-12(9-10-18)24-17(21)14-8-6-5-7-13(14)16(20)22-4-2/h3,5-8,12,18H,1,4,9-11H2,2H3. The number of rotatable bonds is 9. The average molecular weight is 336 g/mol. The molecule has 0 saturated heterocycles. The first-order valence-corrected chi connectivity index (χ1v) is 7.40. The highest BCUT2D eigenvalue weighted by molar-refractivity contribution is 6.03. The molecule has 0 saturated carbocycles. The molecule has 0 aromatic heterocycles. The molecule has 0 aliphatic rings. The van der Waals surface area contributed by atoms with Crippen LogP contribution >= 0.6 is 0 Å². The van der Waals surface area contributed by atoms with Crippen LogP contribution in [-0.2, 0) is 19.0 Å². The fourth-order valence-corrected chi connectivity index (χ4v) is 1.82. The number of benzene rings is 1. The fraction of sp³-hybridized carbons (Fsp3) is 0.353. The number of ether oxygens (including phenoxy) is 3. The Morgan fingerprint density at radius 1 is 1.17 bits per heavy atom. The predicted octanol–water partition coefficient (Wildman–Crippen LogP) is 1.50. The number of carbonyl (C=O) groups is 3. The van der Waals surface area contributed by atoms with Gasteiger partial charge in [-0.25, -0.2) is 14.4 Å². The van der Waals surface area contributed by atoms with Gasteiger partial charge in [-0.05, 0) is 19.1 Å². The summed E-state index contributed by atoms with van der Waals surface area (Å²) < 4.78 is 14.9. The first-order valence-electron chi connectivity index (χ1n) is 7.40. The number of hydrogen-bond donors (Lipinski definition) is 1. The SMILES string of the molecule is C=CC(=O)OCC(CCO)OC(=O)c1ccccc1C(=O)OCC. The van der Waals surface area contributed by atoms with Gasteiger partial charge in [0.05, 0.1) is 17.7 Å². The molecule has 0 heterocycles. The minimum Gasteiger partial charge on any atom is -0.462 e. The molecule has 7 nitrogen and oxygen atoms in total. The maximum absolute atomic E-state index is 12.3. The van der Waals surface area contributed by atoms with Crippen molar-refractivity contribution in [2.24, 2.45) is 0 Å². The number of aliphatic hydroxyl groups excluding tert-OH is 1. The van der Waals surface area contributed by atoms with Crippen molar-refractivity contribution in [3.05, 3.63) is 48.0 Å². The Labute approximate surface area is 139 Å². The first-order chi connectivity index (χ1) is 11.5. The zero-order chi connectivity index (χ0) is 17.9. The third-order valence-corrected chi connectivity index (χ3v) is 2.95. The van der Waals surface area contributed by atoms with Crippen molar-refractivity contribution in [3.8, 4) is 0 Å². The quantitative estimate of drug-likeness (QED) is 0.414. The summed E-state index contributed by atoms with van der Waals surface area (Å²) in [7, 11) is 0. The van der Waals surface area contributed by atoms with Gasteiger partial charge >= 0.3 is 17.9 Å². The Hall–Kier alpha value is -2.67. The normalized spacial score (nSPS) is 11.2. The zero-order valence-electron chi connectivity index (χ0n) is 13.4. The zero-order valence-corrected chi connectivity index (χ0v) is 13.4. The number of carbonyl (C=O) groups excluding carboxylic acids is 3. The molecule has 0 spiro atoms. The Bertz CT molecular complexity index is 594. The van der Waals surface area contributed by atoms with Gasteiger partial charge in [-0.15, -0.1) is 0 Å². The van der Waals surface area contributed by atoms with Gasteiger partial charge in [0.15, 0.2) is 0 Å². The highest BCUT2D eigenvalue weighted by atomic mass is 16.6. The molecule has 0 fully saturated rings. The Kier molecular flexibility index (Phi) is 8.21. The molecule has 1 N–H and O–H groups in total. The minimum absolute atomic E-state index is 0.0361. The molecule has 1 aromatic rings. The van der Waals surface area contributed by atoms with Gasteiger partial charge < -0.3 is 19.3 Å². The number of aliphatic hydroxyl groups is 1. The van der Waals surface area contributed by atoms with Gasteiger partial charge in [0.1, 0.15) is 12.7 Å². The highest BCUT2D eigenvalue weighted by Crippen LogP contribution is 2.14. The summed E-state index contributed by atoms with van der Waals surface area (Å²) >= 11 is 0. The lowest BCUT2D eigenvalue weighted by atomic mass is 10.1. The second-order valence-electron chi connectivity index (χ2n) is 4.64. The van der Waals surface area contributed by atoms with Crippen LogP contribution in [0.1, 0.15) is 34.1 Å². The van der Waals surface area contributed by atoms with Crippen LogP contribution in [0.15, 0.2) is 36.9 Å². The maximum Gasteiger partial charge on any atom is 0.339 e. The lowest BCUT2D eigenvalue weighted by Gasteiger charge is -2.17. The molecule has 7 heteroatoms. The van der Waals surface area contributed by atoms with Crippen LogP contribution in [0.25, 0.3) is 0 Å². The molecule has 1 unspecified atom stereocenters. The van der Waals surface area contributed by atoms with E-state index in [0.717, 1.165) is 6.08 Å². The lowest BCUT2D eigenvalue weighted by Crippen LogP contribution is -2.27. The van der Waals surface area contributed by atoms with Crippen molar-refractivity contribution in [1.29, 1.82) is 0 Å². The summed E-state index contributed by atoms with van der Waals surface area (Å²) in [6, 6.07) is 6.06. The van der Waals surface area contributed by atoms with Crippen molar-refractivity contribution in [2.75, 3.05) is 19.8 Å². The van der Waals surface area contributed by atoms with Gasteiger partial charge in [0.2, 0.25) is 0 Å². The van der Waals surface area contributed by atoms with E-state index >= 15 is 0 Å². The summed E-state index contributed by atoms with van der Waals surface area (Å²) in [6.07, 6.45) is 0.215. The van der Waals surface area contributed by atoms with Crippen LogP contribution in [-0.4, -0.2) is 48.9 Å². The van der Waals surface area contributed by atoms with E-state index < -0.39 is 24.0 Å². The van der Waals surface area contributed by atoms with Crippen molar-refractivity contribution in [2.45, 2.75) is 19.4 Å². The molecule has 1 atom stereocenters. The van der Waals surface area contributed by atoms with Crippen LogP contribution in [0.4, 0.5) is 0 Å². The molecular formula is C17H20O7. The lowest BCUT2D eigenvalue weighted by molar-refractivity contribution is -0.141. The van der Waals surface area contributed by atoms with Gasteiger partial charge in [-0.1, -0.05) is 18.7 Å². The highest BCUT2D eigenvalue weighted by Gasteiger charge is 2.22. The van der Waals surface area contributed by atoms with Crippen molar-refractivity contribution in [1.82, 2.24) is 0 Å². The monoisotopic (exact) mass is 336 g/mol. The van der Waals surface area contributed by atoms with Gasteiger partial charge in [0.25, 0.3) is 0 Å². The summed E-state index contributed by atoms with van der Waals surface area (Å²) in [5.41, 5.74) is 0.115. The van der Waals surface area contributed by atoms with Crippen LogP contribution in [0.3, 0.4) is 0 Å². The second-order valence-corrected chi connectivity index (χ2v) is 4.64. The Morgan fingerprint density at radius 2 is 1.79 bits per heavy atom. The van der Waals surface area contributed by atoms with E-state index in [1.165, 1.54) is 12.1 Å².